The highest BCUT2D eigenvalue weighted by Gasteiger charge is 2.23. The Balaban J connectivity index is 0.00000177. The molecule has 0 radical (unpaired) electrons. The molecule has 0 saturated carbocycles. The Hall–Kier alpha value is -3.46. The number of ether oxygens (including phenoxy) is 2. The van der Waals surface area contributed by atoms with Crippen molar-refractivity contribution in [3.05, 3.63) is 71.2 Å². The van der Waals surface area contributed by atoms with Gasteiger partial charge in [-0.3, -0.25) is 14.6 Å². The number of benzene rings is 1. The lowest BCUT2D eigenvalue weighted by Gasteiger charge is -2.16. The maximum atomic E-state index is 13.1. The third kappa shape index (κ3) is 9.57. The smallest absolute Gasteiger partial charge is 0.260 e. The summed E-state index contributed by atoms with van der Waals surface area (Å²) in [6.07, 6.45) is 3.05. The van der Waals surface area contributed by atoms with Gasteiger partial charge in [0, 0.05) is 39.5 Å². The predicted molar refractivity (Wildman–Crippen MR) is 123 cm³/mol. The molecular weight excluding hydrogens is 417 g/mol. The second-order valence-electron chi connectivity index (χ2n) is 6.00. The number of methoxy groups -OCH3 is 1. The van der Waals surface area contributed by atoms with Gasteiger partial charge in [-0.15, -0.1) is 0 Å². The molecule has 0 aromatic heterocycles. The van der Waals surface area contributed by atoms with Gasteiger partial charge in [0.2, 0.25) is 0 Å². The zero-order valence-electron chi connectivity index (χ0n) is 19.2. The number of aliphatic imine (C=N–C) groups is 1. The van der Waals surface area contributed by atoms with E-state index in [9.17, 15) is 19.1 Å². The molecule has 1 aromatic carbocycles. The minimum atomic E-state index is -0.754. The van der Waals surface area contributed by atoms with Gasteiger partial charge in [-0.2, -0.15) is 0 Å². The van der Waals surface area contributed by atoms with Crippen molar-refractivity contribution in [1.82, 2.24) is 10.6 Å². The van der Waals surface area contributed by atoms with E-state index in [2.05, 4.69) is 26.9 Å². The second-order valence-corrected chi connectivity index (χ2v) is 6.00. The summed E-state index contributed by atoms with van der Waals surface area (Å²) in [4.78, 5) is 28.3. The monoisotopic (exact) mass is 449 g/mol. The third-order valence-electron chi connectivity index (χ3n) is 3.76. The van der Waals surface area contributed by atoms with Gasteiger partial charge in [-0.05, 0) is 17.7 Å². The van der Waals surface area contributed by atoms with Crippen LogP contribution in [0, 0.1) is 5.82 Å². The number of carbonyl (C=O) groups excluding carboxylic acids is 2. The molecule has 1 aliphatic rings. The van der Waals surface area contributed by atoms with Crippen LogP contribution in [0.5, 0.6) is 0 Å². The molecule has 176 valence electrons. The van der Waals surface area contributed by atoms with Gasteiger partial charge >= 0.3 is 0 Å². The summed E-state index contributed by atoms with van der Waals surface area (Å²) in [6, 6.07) is 5.93. The lowest BCUT2D eigenvalue weighted by Crippen LogP contribution is -2.36. The molecule has 1 aliphatic heterocycles. The van der Waals surface area contributed by atoms with E-state index in [0.717, 1.165) is 5.56 Å². The maximum Gasteiger partial charge on any atom is 0.260 e. The van der Waals surface area contributed by atoms with Crippen molar-refractivity contribution in [2.24, 2.45) is 4.99 Å². The lowest BCUT2D eigenvalue weighted by atomic mass is 10.0. The standard InChI is InChI=1S/C19H20FN3O4.C2H6O.C2H6/c1-3-27-16-11-23-19(26)17(18(25)21-2)15(24)10-22-9-13(16)8-12-4-6-14(20)7-5-12;1-3-2;1-2/h3-7,9,24H,1,8,10-11H2,2H3,(H,21,25)(H,23,26);1-2H3;1-2H3/b16-13+,17-15+,22-9?;;. The molecule has 3 N–H and O–H groups in total. The molecule has 0 aliphatic carbocycles. The van der Waals surface area contributed by atoms with Gasteiger partial charge in [-0.1, -0.05) is 32.6 Å². The van der Waals surface area contributed by atoms with Gasteiger partial charge in [0.1, 0.15) is 22.9 Å². The normalized spacial score (nSPS) is 18.1. The SMILES string of the molecule is C=CO/C1=C(\Cc2ccc(F)cc2)C=NC/C(O)=C(/C(=O)NC)C(=O)NC1.CC.COC. The second kappa shape index (κ2) is 16.3. The highest BCUT2D eigenvalue weighted by Crippen LogP contribution is 2.15. The zero-order chi connectivity index (χ0) is 24.5. The zero-order valence-corrected chi connectivity index (χ0v) is 19.2. The fourth-order valence-corrected chi connectivity index (χ4v) is 2.43. The number of rotatable bonds is 5. The summed E-state index contributed by atoms with van der Waals surface area (Å²) in [5.41, 5.74) is 1.00. The first-order valence-corrected chi connectivity index (χ1v) is 9.94. The summed E-state index contributed by atoms with van der Waals surface area (Å²) >= 11 is 0. The van der Waals surface area contributed by atoms with Gasteiger partial charge < -0.3 is 25.2 Å². The number of nitrogens with zero attached hydrogens (tertiary/aromatic N) is 1. The van der Waals surface area contributed by atoms with Crippen LogP contribution in [0.3, 0.4) is 0 Å². The van der Waals surface area contributed by atoms with E-state index in [-0.39, 0.29) is 18.9 Å². The van der Waals surface area contributed by atoms with Crippen molar-refractivity contribution in [3.63, 3.8) is 0 Å². The molecule has 1 heterocycles. The van der Waals surface area contributed by atoms with Gasteiger partial charge in [0.15, 0.2) is 0 Å². The maximum absolute atomic E-state index is 13.1. The van der Waals surface area contributed by atoms with E-state index >= 15 is 0 Å². The Kier molecular flexibility index (Phi) is 14.5. The first-order valence-electron chi connectivity index (χ1n) is 9.94. The van der Waals surface area contributed by atoms with Crippen LogP contribution in [0.2, 0.25) is 0 Å². The van der Waals surface area contributed by atoms with Crippen LogP contribution in [0.4, 0.5) is 4.39 Å². The Morgan fingerprint density at radius 1 is 1.31 bits per heavy atom. The molecule has 0 saturated heterocycles. The number of carbonyl (C=O) groups is 2. The number of hydrogen-bond donors (Lipinski definition) is 3. The number of aliphatic hydroxyl groups excluding tert-OH is 1. The van der Waals surface area contributed by atoms with Crippen LogP contribution in [0.25, 0.3) is 0 Å². The first kappa shape index (κ1) is 28.5. The van der Waals surface area contributed by atoms with Gasteiger partial charge in [0.05, 0.1) is 19.4 Å². The molecule has 9 heteroatoms. The predicted octanol–water partition coefficient (Wildman–Crippen LogP) is 2.83. The largest absolute Gasteiger partial charge is 0.509 e. The van der Waals surface area contributed by atoms with E-state index in [1.807, 2.05) is 13.8 Å². The van der Waals surface area contributed by atoms with Crippen LogP contribution in [-0.4, -0.2) is 57.5 Å². The van der Waals surface area contributed by atoms with Crippen LogP contribution in [-0.2, 0) is 25.5 Å². The summed E-state index contributed by atoms with van der Waals surface area (Å²) < 4.78 is 22.8. The van der Waals surface area contributed by atoms with E-state index < -0.39 is 23.1 Å². The fraction of sp³-hybridized carbons (Fsp3) is 0.348. The third-order valence-corrected chi connectivity index (χ3v) is 3.76. The number of allylic oxidation sites excluding steroid dienone is 1. The van der Waals surface area contributed by atoms with Gasteiger partial charge in [-0.25, -0.2) is 4.39 Å². The number of aliphatic hydroxyl groups is 1. The van der Waals surface area contributed by atoms with Crippen molar-refractivity contribution < 1.29 is 28.6 Å². The quantitative estimate of drug-likeness (QED) is 0.473. The highest BCUT2D eigenvalue weighted by molar-refractivity contribution is 6.18. The Morgan fingerprint density at radius 3 is 2.44 bits per heavy atom. The van der Waals surface area contributed by atoms with Crippen LogP contribution in [0.1, 0.15) is 19.4 Å². The van der Waals surface area contributed by atoms with Crippen LogP contribution in [0.15, 0.2) is 64.8 Å². The molecule has 0 unspecified atom stereocenters. The molecule has 0 fully saturated rings. The summed E-state index contributed by atoms with van der Waals surface area (Å²) in [5.74, 6) is -1.90. The molecule has 0 atom stereocenters. The molecule has 32 heavy (non-hydrogen) atoms. The van der Waals surface area contributed by atoms with Crippen molar-refractivity contribution in [1.29, 1.82) is 0 Å². The average Bonchev–Trinajstić information content (AvgIpc) is 2.79. The lowest BCUT2D eigenvalue weighted by molar-refractivity contribution is -0.123. The molecule has 0 bridgehead atoms. The number of amides is 2. The van der Waals surface area contributed by atoms with E-state index in [1.54, 1.807) is 26.4 Å². The minimum Gasteiger partial charge on any atom is -0.509 e. The fourth-order valence-electron chi connectivity index (χ4n) is 2.43. The molecule has 8 nitrogen and oxygen atoms in total. The van der Waals surface area contributed by atoms with Crippen molar-refractivity contribution >= 4 is 18.0 Å². The summed E-state index contributed by atoms with van der Waals surface area (Å²) in [7, 11) is 4.60. The van der Waals surface area contributed by atoms with E-state index in [4.69, 9.17) is 4.74 Å². The van der Waals surface area contributed by atoms with Crippen molar-refractivity contribution in [2.45, 2.75) is 20.3 Å². The number of halogens is 1. The summed E-state index contributed by atoms with van der Waals surface area (Å²) in [6.45, 7) is 7.20. The average molecular weight is 450 g/mol. The van der Waals surface area contributed by atoms with E-state index in [0.29, 0.717) is 17.8 Å². The number of nitrogens with one attached hydrogen (secondary N) is 2. The number of likely N-dealkylation sites (N-methyl/N-ethyl adjacent to an activating group) is 1. The van der Waals surface area contributed by atoms with E-state index in [1.165, 1.54) is 31.7 Å². The first-order chi connectivity index (χ1) is 15.4. The molecule has 0 spiro atoms. The molecule has 2 rings (SSSR count). The van der Waals surface area contributed by atoms with Crippen LogP contribution >= 0.6 is 0 Å². The topological polar surface area (TPSA) is 109 Å². The van der Waals surface area contributed by atoms with Crippen LogP contribution < -0.4 is 10.6 Å². The number of hydrogen-bond acceptors (Lipinski definition) is 6. The van der Waals surface area contributed by atoms with Crippen molar-refractivity contribution in [2.75, 3.05) is 34.4 Å². The molecule has 1 aromatic rings. The minimum absolute atomic E-state index is 0.0544. The Labute approximate surface area is 188 Å². The Bertz CT molecular complexity index is 846. The van der Waals surface area contributed by atoms with Crippen molar-refractivity contribution in [3.8, 4) is 0 Å². The molecule has 2 amide bonds. The molecular formula is C23H32FN3O5. The summed E-state index contributed by atoms with van der Waals surface area (Å²) in [5, 5.41) is 14.9. The van der Waals surface area contributed by atoms with Gasteiger partial charge in [0.25, 0.3) is 11.8 Å². The Morgan fingerprint density at radius 2 is 1.91 bits per heavy atom. The highest BCUT2D eigenvalue weighted by atomic mass is 19.1.